The molecule has 0 spiro atoms. The number of carbonyl (C=O) groups is 1. The molecule has 1 N–H and O–H groups in total. The van der Waals surface area contributed by atoms with E-state index in [1.54, 1.807) is 0 Å². The van der Waals surface area contributed by atoms with Gasteiger partial charge < -0.3 is 9.84 Å². The monoisotopic (exact) mass is 587 g/mol. The fourth-order valence-electron chi connectivity index (χ4n) is 3.23. The number of anilines is 1. The van der Waals surface area contributed by atoms with Gasteiger partial charge in [-0.25, -0.2) is 13.2 Å². The van der Waals surface area contributed by atoms with Crippen LogP contribution in [0.3, 0.4) is 0 Å². The van der Waals surface area contributed by atoms with Gasteiger partial charge in [0, 0.05) is 7.05 Å². The molecule has 0 aromatic heterocycles. The first-order valence-corrected chi connectivity index (χ1v) is 11.7. The molecule has 0 aliphatic rings. The minimum atomic E-state index is -5.36. The predicted octanol–water partition coefficient (Wildman–Crippen LogP) is 7.06. The number of hydrogen-bond donors (Lipinski definition) is 1. The molecule has 0 radical (unpaired) electrons. The lowest BCUT2D eigenvalue weighted by molar-refractivity contribution is -0.143. The van der Waals surface area contributed by atoms with Crippen molar-refractivity contribution in [1.82, 2.24) is 0 Å². The topological polar surface area (TPSA) is 83.9 Å². The Morgan fingerprint density at radius 3 is 1.74 bits per heavy atom. The van der Waals surface area contributed by atoms with Gasteiger partial charge in [0.15, 0.2) is 0 Å². The quantitative estimate of drug-likeness (QED) is 0.313. The average molecular weight is 587 g/mol. The van der Waals surface area contributed by atoms with Gasteiger partial charge >= 0.3 is 24.5 Å². The van der Waals surface area contributed by atoms with E-state index < -0.39 is 78.9 Å². The molecule has 0 bridgehead atoms. The van der Waals surface area contributed by atoms with Gasteiger partial charge in [0.2, 0.25) is 0 Å². The third-order valence-electron chi connectivity index (χ3n) is 5.18. The van der Waals surface area contributed by atoms with Crippen molar-refractivity contribution in [3.63, 3.8) is 0 Å². The lowest BCUT2D eigenvalue weighted by atomic mass is 10.1. The zero-order valence-corrected chi connectivity index (χ0v) is 19.9. The van der Waals surface area contributed by atoms with E-state index in [2.05, 4.69) is 0 Å². The largest absolute Gasteiger partial charge is 0.478 e. The molecule has 0 aliphatic heterocycles. The van der Waals surface area contributed by atoms with Crippen LogP contribution in [0.1, 0.15) is 27.0 Å². The van der Waals surface area contributed by atoms with Crippen LogP contribution in [0.2, 0.25) is 0 Å². The van der Waals surface area contributed by atoms with Crippen molar-refractivity contribution in [2.45, 2.75) is 23.4 Å². The van der Waals surface area contributed by atoms with Crippen LogP contribution in [0, 0.1) is 0 Å². The molecule has 3 rings (SSSR count). The van der Waals surface area contributed by atoms with Crippen LogP contribution in [0.5, 0.6) is 11.5 Å². The number of para-hydroxylation sites is 1. The van der Waals surface area contributed by atoms with Crippen LogP contribution in [-0.2, 0) is 28.6 Å². The number of alkyl halides is 9. The zero-order chi connectivity index (χ0) is 29.6. The molecule has 210 valence electrons. The van der Waals surface area contributed by atoms with E-state index in [9.17, 15) is 57.8 Å². The Bertz CT molecular complexity index is 1480. The maximum atomic E-state index is 13.4. The smallest absolute Gasteiger partial charge is 0.416 e. The highest BCUT2D eigenvalue weighted by Crippen LogP contribution is 2.41. The number of benzene rings is 3. The van der Waals surface area contributed by atoms with Crippen molar-refractivity contribution in [3.8, 4) is 11.5 Å². The van der Waals surface area contributed by atoms with Crippen LogP contribution >= 0.6 is 0 Å². The van der Waals surface area contributed by atoms with Crippen LogP contribution in [0.15, 0.2) is 65.6 Å². The second-order valence-electron chi connectivity index (χ2n) is 7.80. The third-order valence-corrected chi connectivity index (χ3v) is 6.99. The molecule has 0 fully saturated rings. The number of halogens is 9. The lowest BCUT2D eigenvalue weighted by Crippen LogP contribution is -2.28. The van der Waals surface area contributed by atoms with Crippen molar-refractivity contribution in [2.75, 3.05) is 11.4 Å². The summed E-state index contributed by atoms with van der Waals surface area (Å²) in [4.78, 5) is 10.1. The summed E-state index contributed by atoms with van der Waals surface area (Å²) in [5.41, 5.74) is -6.99. The molecule has 0 aliphatic carbocycles. The normalized spacial score (nSPS) is 12.8. The molecule has 0 heterocycles. The minimum absolute atomic E-state index is 0.0584. The molecule has 0 saturated heterocycles. The molecule has 0 saturated carbocycles. The van der Waals surface area contributed by atoms with Gasteiger partial charge in [0.1, 0.15) is 22.0 Å². The van der Waals surface area contributed by atoms with E-state index >= 15 is 0 Å². The highest BCUT2D eigenvalue weighted by atomic mass is 32.2. The van der Waals surface area contributed by atoms with Crippen molar-refractivity contribution in [1.29, 1.82) is 0 Å². The number of ether oxygens (including phenoxy) is 1. The first-order valence-electron chi connectivity index (χ1n) is 10.2. The van der Waals surface area contributed by atoms with Gasteiger partial charge in [-0.05, 0) is 48.5 Å². The van der Waals surface area contributed by atoms with Crippen molar-refractivity contribution in [2.24, 2.45) is 0 Å². The molecule has 0 atom stereocenters. The second kappa shape index (κ2) is 9.98. The number of hydrogen-bond acceptors (Lipinski definition) is 4. The zero-order valence-electron chi connectivity index (χ0n) is 19.1. The first-order chi connectivity index (χ1) is 17.7. The third kappa shape index (κ3) is 6.38. The molecular formula is C23H14F9NO5S. The summed E-state index contributed by atoms with van der Waals surface area (Å²) in [7, 11) is -4.83. The summed E-state index contributed by atoms with van der Waals surface area (Å²) in [6.45, 7) is 0. The van der Waals surface area contributed by atoms with Gasteiger partial charge in [-0.1, -0.05) is 12.1 Å². The summed E-state index contributed by atoms with van der Waals surface area (Å²) in [6, 6.07) is 5.45. The summed E-state index contributed by atoms with van der Waals surface area (Å²) >= 11 is 0. The Morgan fingerprint density at radius 1 is 0.744 bits per heavy atom. The Balaban J connectivity index is 2.24. The van der Waals surface area contributed by atoms with Crippen LogP contribution in [0.25, 0.3) is 0 Å². The highest BCUT2D eigenvalue weighted by Gasteiger charge is 2.39. The lowest BCUT2D eigenvalue weighted by Gasteiger charge is -2.24. The Hall–Kier alpha value is -3.95. The number of carboxylic acid groups (broad SMARTS) is 1. The van der Waals surface area contributed by atoms with Gasteiger partial charge in [0.25, 0.3) is 10.0 Å². The molecule has 0 unspecified atom stereocenters. The van der Waals surface area contributed by atoms with Crippen molar-refractivity contribution >= 4 is 21.7 Å². The molecule has 16 heteroatoms. The van der Waals surface area contributed by atoms with Crippen molar-refractivity contribution in [3.05, 3.63) is 82.9 Å². The molecular weight excluding hydrogens is 573 g/mol. The Kier molecular flexibility index (Phi) is 7.57. The van der Waals surface area contributed by atoms with Gasteiger partial charge in [-0.15, -0.1) is 0 Å². The first kappa shape index (κ1) is 29.6. The maximum Gasteiger partial charge on any atom is 0.416 e. The number of aromatic carboxylic acids is 1. The van der Waals surface area contributed by atoms with Crippen molar-refractivity contribution < 1.29 is 62.6 Å². The second-order valence-corrected chi connectivity index (χ2v) is 9.74. The molecule has 6 nitrogen and oxygen atoms in total. The minimum Gasteiger partial charge on any atom is -0.478 e. The average Bonchev–Trinajstić information content (AvgIpc) is 2.81. The summed E-state index contributed by atoms with van der Waals surface area (Å²) < 4.78 is 152. The molecule has 3 aromatic rings. The van der Waals surface area contributed by atoms with Gasteiger partial charge in [0.05, 0.1) is 22.4 Å². The molecule has 0 amide bonds. The van der Waals surface area contributed by atoms with E-state index in [0.717, 1.165) is 12.1 Å². The van der Waals surface area contributed by atoms with Gasteiger partial charge in [-0.3, -0.25) is 4.31 Å². The van der Waals surface area contributed by atoms with Crippen LogP contribution in [-0.4, -0.2) is 26.5 Å². The molecule has 3 aromatic carbocycles. The van der Waals surface area contributed by atoms with Crippen LogP contribution in [0.4, 0.5) is 45.2 Å². The fraction of sp³-hybridized carbons (Fsp3) is 0.174. The summed E-state index contributed by atoms with van der Waals surface area (Å²) in [5, 5.41) is 9.30. The number of carboxylic acids is 1. The summed E-state index contributed by atoms with van der Waals surface area (Å²) in [5.74, 6) is -2.95. The standard InChI is InChI=1S/C23H14F9NO5S/c1-33(15-9-13(22(27,28)29)8-14(10-15)23(30,31)32)39(36,37)19-11-12(21(24,25)26)6-7-18(19)38-17-5-3-2-4-16(17)20(34)35/h2-11H,1H3,(H,34,35). The number of rotatable bonds is 6. The van der Waals surface area contributed by atoms with Gasteiger partial charge in [-0.2, -0.15) is 39.5 Å². The SMILES string of the molecule is CN(c1cc(C(F)(F)F)cc(C(F)(F)F)c1)S(=O)(=O)c1cc(C(F)(F)F)ccc1Oc1ccccc1C(=O)O. The Morgan fingerprint density at radius 2 is 1.26 bits per heavy atom. The van der Waals surface area contributed by atoms with E-state index in [1.807, 2.05) is 0 Å². The van der Waals surface area contributed by atoms with E-state index in [-0.39, 0.29) is 28.6 Å². The number of sulfonamides is 1. The maximum absolute atomic E-state index is 13.4. The fourth-order valence-corrected chi connectivity index (χ4v) is 4.55. The highest BCUT2D eigenvalue weighted by molar-refractivity contribution is 7.93. The van der Waals surface area contributed by atoms with E-state index in [4.69, 9.17) is 4.74 Å². The molecule has 39 heavy (non-hydrogen) atoms. The van der Waals surface area contributed by atoms with E-state index in [0.29, 0.717) is 19.2 Å². The Labute approximate surface area is 213 Å². The number of nitrogens with zero attached hydrogens (tertiary/aromatic N) is 1. The predicted molar refractivity (Wildman–Crippen MR) is 117 cm³/mol. The summed E-state index contributed by atoms with van der Waals surface area (Å²) in [6.07, 6.45) is -15.8. The van der Waals surface area contributed by atoms with E-state index in [1.165, 1.54) is 12.1 Å². The van der Waals surface area contributed by atoms with Crippen LogP contribution < -0.4 is 9.04 Å².